The molecule has 2 rings (SSSR count). The zero-order valence-corrected chi connectivity index (χ0v) is 10.5. The van der Waals surface area contributed by atoms with Crippen LogP contribution in [0, 0.1) is 18.3 Å². The molecule has 88 valence electrons. The summed E-state index contributed by atoms with van der Waals surface area (Å²) in [5.41, 5.74) is 2.59. The zero-order chi connectivity index (χ0) is 12.6. The third kappa shape index (κ3) is 1.51. The molecule has 0 aliphatic rings. The third-order valence-corrected chi connectivity index (χ3v) is 2.89. The van der Waals surface area contributed by atoms with E-state index in [1.54, 1.807) is 7.11 Å². The van der Waals surface area contributed by atoms with E-state index in [0.717, 1.165) is 22.3 Å². The SMILES string of the molecule is COc1cccc2c1c(C#N)c(C)n2N(C)C. The maximum Gasteiger partial charge on any atom is 0.129 e. The number of nitrogens with zero attached hydrogens (tertiary/aromatic N) is 3. The Hall–Kier alpha value is -2.15. The Balaban J connectivity index is 2.96. The average Bonchev–Trinajstić information content (AvgIpc) is 2.60. The molecule has 1 aromatic carbocycles. The summed E-state index contributed by atoms with van der Waals surface area (Å²) >= 11 is 0. The molecule has 1 aromatic heterocycles. The Labute approximate surface area is 101 Å². The molecule has 0 spiro atoms. The van der Waals surface area contributed by atoms with Crippen LogP contribution in [0.1, 0.15) is 11.3 Å². The first-order valence-electron chi connectivity index (χ1n) is 5.37. The molecule has 0 aliphatic carbocycles. The molecular formula is C13H15N3O. The lowest BCUT2D eigenvalue weighted by Crippen LogP contribution is -2.25. The van der Waals surface area contributed by atoms with Gasteiger partial charge in [-0.3, -0.25) is 4.68 Å². The fourth-order valence-corrected chi connectivity index (χ4v) is 2.24. The minimum Gasteiger partial charge on any atom is -0.496 e. The summed E-state index contributed by atoms with van der Waals surface area (Å²) in [5, 5.41) is 12.1. The van der Waals surface area contributed by atoms with Crippen LogP contribution in [0.5, 0.6) is 5.75 Å². The molecule has 1 heterocycles. The number of rotatable bonds is 2. The first-order chi connectivity index (χ1) is 8.11. The Bertz CT molecular complexity index is 605. The van der Waals surface area contributed by atoms with E-state index in [9.17, 15) is 5.26 Å². The van der Waals surface area contributed by atoms with Gasteiger partial charge in [0, 0.05) is 14.1 Å². The van der Waals surface area contributed by atoms with Crippen LogP contribution in [-0.2, 0) is 0 Å². The van der Waals surface area contributed by atoms with Crippen molar-refractivity contribution in [3.8, 4) is 11.8 Å². The predicted molar refractivity (Wildman–Crippen MR) is 68.0 cm³/mol. The molecule has 4 nitrogen and oxygen atoms in total. The van der Waals surface area contributed by atoms with Gasteiger partial charge in [0.1, 0.15) is 11.8 Å². The van der Waals surface area contributed by atoms with Gasteiger partial charge in [-0.15, -0.1) is 0 Å². The Morgan fingerprint density at radius 3 is 2.59 bits per heavy atom. The van der Waals surface area contributed by atoms with E-state index in [1.807, 2.05) is 48.9 Å². The lowest BCUT2D eigenvalue weighted by Gasteiger charge is -2.18. The first-order valence-corrected chi connectivity index (χ1v) is 5.37. The van der Waals surface area contributed by atoms with Crippen molar-refractivity contribution in [2.24, 2.45) is 0 Å². The summed E-state index contributed by atoms with van der Waals surface area (Å²) in [5.74, 6) is 0.739. The molecule has 0 saturated carbocycles. The van der Waals surface area contributed by atoms with Crippen LogP contribution in [0.25, 0.3) is 10.9 Å². The molecule has 0 amide bonds. The fraction of sp³-hybridized carbons (Fsp3) is 0.308. The normalized spacial score (nSPS) is 10.3. The summed E-state index contributed by atoms with van der Waals surface area (Å²) < 4.78 is 7.35. The summed E-state index contributed by atoms with van der Waals surface area (Å²) in [6.07, 6.45) is 0. The molecule has 0 radical (unpaired) electrons. The van der Waals surface area contributed by atoms with E-state index in [2.05, 4.69) is 6.07 Å². The van der Waals surface area contributed by atoms with Gasteiger partial charge in [-0.05, 0) is 19.1 Å². The number of benzene rings is 1. The second kappa shape index (κ2) is 4.02. The summed E-state index contributed by atoms with van der Waals surface area (Å²) in [6, 6.07) is 8.06. The highest BCUT2D eigenvalue weighted by molar-refractivity contribution is 5.93. The second-order valence-electron chi connectivity index (χ2n) is 4.09. The highest BCUT2D eigenvalue weighted by Gasteiger charge is 2.18. The van der Waals surface area contributed by atoms with Gasteiger partial charge in [0.05, 0.1) is 29.3 Å². The van der Waals surface area contributed by atoms with E-state index in [4.69, 9.17) is 4.74 Å². The number of fused-ring (bicyclic) bond motifs is 1. The summed E-state index contributed by atoms with van der Waals surface area (Å²) in [7, 11) is 5.53. The average molecular weight is 229 g/mol. The van der Waals surface area contributed by atoms with Crippen molar-refractivity contribution < 1.29 is 4.74 Å². The number of hydrogen-bond donors (Lipinski definition) is 0. The molecule has 0 unspecified atom stereocenters. The molecular weight excluding hydrogens is 214 g/mol. The number of hydrogen-bond acceptors (Lipinski definition) is 3. The summed E-state index contributed by atoms with van der Waals surface area (Å²) in [4.78, 5) is 0. The van der Waals surface area contributed by atoms with Gasteiger partial charge in [-0.1, -0.05) is 6.07 Å². The highest BCUT2D eigenvalue weighted by Crippen LogP contribution is 2.32. The van der Waals surface area contributed by atoms with Crippen molar-refractivity contribution in [1.82, 2.24) is 4.68 Å². The fourth-order valence-electron chi connectivity index (χ4n) is 2.24. The smallest absolute Gasteiger partial charge is 0.129 e. The maximum absolute atomic E-state index is 9.29. The van der Waals surface area contributed by atoms with E-state index in [0.29, 0.717) is 5.56 Å². The Kier molecular flexibility index (Phi) is 2.68. The van der Waals surface area contributed by atoms with Crippen molar-refractivity contribution in [2.45, 2.75) is 6.92 Å². The van der Waals surface area contributed by atoms with E-state index < -0.39 is 0 Å². The number of methoxy groups -OCH3 is 1. The van der Waals surface area contributed by atoms with Crippen molar-refractivity contribution in [1.29, 1.82) is 5.26 Å². The topological polar surface area (TPSA) is 41.2 Å². The second-order valence-corrected chi connectivity index (χ2v) is 4.09. The minimum atomic E-state index is 0.672. The summed E-state index contributed by atoms with van der Waals surface area (Å²) in [6.45, 7) is 1.94. The number of ether oxygens (including phenoxy) is 1. The highest BCUT2D eigenvalue weighted by atomic mass is 16.5. The van der Waals surface area contributed by atoms with Gasteiger partial charge in [0.25, 0.3) is 0 Å². The molecule has 17 heavy (non-hydrogen) atoms. The van der Waals surface area contributed by atoms with E-state index in [-0.39, 0.29) is 0 Å². The maximum atomic E-state index is 9.29. The lowest BCUT2D eigenvalue weighted by atomic mass is 10.1. The predicted octanol–water partition coefficient (Wildman–Crippen LogP) is 2.03. The van der Waals surface area contributed by atoms with Crippen molar-refractivity contribution in [2.75, 3.05) is 26.2 Å². The van der Waals surface area contributed by atoms with E-state index >= 15 is 0 Å². The molecule has 0 bridgehead atoms. The molecule has 0 atom stereocenters. The largest absolute Gasteiger partial charge is 0.496 e. The molecule has 0 fully saturated rings. The standard InChI is InChI=1S/C13H15N3O/c1-9-10(8-14)13-11(16(9)15(2)3)6-5-7-12(13)17-4/h5-7H,1-4H3. The first kappa shape index (κ1) is 11.3. The van der Waals surface area contributed by atoms with Crippen LogP contribution >= 0.6 is 0 Å². The molecule has 0 N–H and O–H groups in total. The van der Waals surface area contributed by atoms with Crippen molar-refractivity contribution in [3.63, 3.8) is 0 Å². The van der Waals surface area contributed by atoms with Crippen LogP contribution in [0.15, 0.2) is 18.2 Å². The van der Waals surface area contributed by atoms with Crippen LogP contribution in [0.3, 0.4) is 0 Å². The quantitative estimate of drug-likeness (QED) is 0.791. The van der Waals surface area contributed by atoms with Crippen molar-refractivity contribution >= 4 is 10.9 Å². The zero-order valence-electron chi connectivity index (χ0n) is 10.5. The van der Waals surface area contributed by atoms with Crippen LogP contribution in [-0.4, -0.2) is 25.9 Å². The van der Waals surface area contributed by atoms with Crippen molar-refractivity contribution in [3.05, 3.63) is 29.5 Å². The third-order valence-electron chi connectivity index (χ3n) is 2.89. The van der Waals surface area contributed by atoms with Crippen LogP contribution in [0.4, 0.5) is 0 Å². The minimum absolute atomic E-state index is 0.672. The van der Waals surface area contributed by atoms with E-state index in [1.165, 1.54) is 0 Å². The number of aromatic nitrogens is 1. The Morgan fingerprint density at radius 1 is 1.35 bits per heavy atom. The monoisotopic (exact) mass is 229 g/mol. The van der Waals surface area contributed by atoms with Gasteiger partial charge < -0.3 is 9.75 Å². The van der Waals surface area contributed by atoms with Gasteiger partial charge >= 0.3 is 0 Å². The lowest BCUT2D eigenvalue weighted by molar-refractivity contribution is 0.420. The molecule has 0 aliphatic heterocycles. The van der Waals surface area contributed by atoms with Crippen LogP contribution < -0.4 is 9.75 Å². The van der Waals surface area contributed by atoms with Crippen LogP contribution in [0.2, 0.25) is 0 Å². The van der Waals surface area contributed by atoms with Gasteiger partial charge in [0.15, 0.2) is 0 Å². The van der Waals surface area contributed by atoms with Gasteiger partial charge in [0.2, 0.25) is 0 Å². The number of nitriles is 1. The molecule has 4 heteroatoms. The van der Waals surface area contributed by atoms with Gasteiger partial charge in [-0.25, -0.2) is 0 Å². The molecule has 2 aromatic rings. The van der Waals surface area contributed by atoms with Gasteiger partial charge in [-0.2, -0.15) is 5.26 Å². The Morgan fingerprint density at radius 2 is 2.06 bits per heavy atom. The molecule has 0 saturated heterocycles.